The number of nitrogen functional groups attached to an aromatic ring is 1. The Morgan fingerprint density at radius 3 is 1.48 bits per heavy atom. The molecule has 0 aliphatic heterocycles. The van der Waals surface area contributed by atoms with Crippen molar-refractivity contribution in [3.8, 4) is 5.88 Å². The highest BCUT2D eigenvalue weighted by Crippen LogP contribution is 2.54. The molecule has 0 unspecified atom stereocenters. The van der Waals surface area contributed by atoms with Crippen molar-refractivity contribution in [3.63, 3.8) is 0 Å². The molecular weight excluding hydrogens is 325 g/mol. The molecule has 1 heterocycles. The van der Waals surface area contributed by atoms with Crippen molar-refractivity contribution in [1.82, 2.24) is 10.2 Å². The second-order valence-electron chi connectivity index (χ2n) is 3.57. The third kappa shape index (κ3) is 2.90. The van der Waals surface area contributed by atoms with Gasteiger partial charge in [0.2, 0.25) is 5.88 Å². The summed E-state index contributed by atoms with van der Waals surface area (Å²) in [5.74, 6) is -2.09. The van der Waals surface area contributed by atoms with E-state index in [1.54, 1.807) is 0 Å². The zero-order valence-corrected chi connectivity index (χ0v) is 9.44. The number of ether oxygens (including phenoxy) is 1. The van der Waals surface area contributed by atoms with Gasteiger partial charge >= 0.3 is 24.1 Å². The lowest BCUT2D eigenvalue weighted by Crippen LogP contribution is -2.69. The first-order valence-electron chi connectivity index (χ1n) is 4.71. The van der Waals surface area contributed by atoms with Crippen LogP contribution in [0.4, 0.5) is 45.3 Å². The van der Waals surface area contributed by atoms with Crippen LogP contribution in [0.25, 0.3) is 0 Å². The van der Waals surface area contributed by atoms with E-state index in [2.05, 4.69) is 14.9 Å². The lowest BCUT2D eigenvalue weighted by Gasteiger charge is -2.37. The van der Waals surface area contributed by atoms with Crippen LogP contribution in [-0.4, -0.2) is 34.3 Å². The lowest BCUT2D eigenvalue weighted by molar-refractivity contribution is -0.437. The summed E-state index contributed by atoms with van der Waals surface area (Å²) < 4.78 is 116. The molecule has 1 aromatic heterocycles. The number of nitrogens with zero attached hydrogens (tertiary/aromatic N) is 2. The normalized spacial score (nSPS) is 14.1. The number of rotatable bonds is 2. The number of hydrogen-bond acceptors (Lipinski definition) is 4. The van der Waals surface area contributed by atoms with Crippen LogP contribution < -0.4 is 10.5 Å². The maximum absolute atomic E-state index is 12.5. The van der Waals surface area contributed by atoms with Crippen LogP contribution in [0.3, 0.4) is 0 Å². The van der Waals surface area contributed by atoms with Gasteiger partial charge in [0.05, 0.1) is 0 Å². The number of alkyl halides is 9. The van der Waals surface area contributed by atoms with Gasteiger partial charge in [0.25, 0.3) is 0 Å². The van der Waals surface area contributed by atoms with Gasteiger partial charge in [-0.2, -0.15) is 39.5 Å². The Hall–Kier alpha value is -1.95. The van der Waals surface area contributed by atoms with Crippen molar-refractivity contribution in [1.29, 1.82) is 0 Å². The SMILES string of the molecule is Nc1ccc(OC(C(F)(F)F)(C(F)(F)F)C(F)(F)F)nn1. The Balaban J connectivity index is 3.47. The van der Waals surface area contributed by atoms with Gasteiger partial charge < -0.3 is 10.5 Å². The summed E-state index contributed by atoms with van der Waals surface area (Å²) in [4.78, 5) is 0. The molecule has 0 atom stereocenters. The minimum atomic E-state index is -6.84. The first kappa shape index (κ1) is 17.1. The van der Waals surface area contributed by atoms with Crippen molar-refractivity contribution in [2.75, 3.05) is 5.73 Å². The zero-order chi connectivity index (χ0) is 16.7. The van der Waals surface area contributed by atoms with E-state index in [0.29, 0.717) is 12.1 Å². The predicted octanol–water partition coefficient (Wildman–Crippen LogP) is 2.86. The standard InChI is InChI=1S/C8H4F9N3O/c9-6(10,11)5(7(12,13)14,8(15,16)17)21-4-2-1-3(18)19-20-4/h1-2H,(H2,18,19). The molecule has 0 spiro atoms. The van der Waals surface area contributed by atoms with Gasteiger partial charge in [0.1, 0.15) is 5.82 Å². The Morgan fingerprint density at radius 1 is 0.762 bits per heavy atom. The van der Waals surface area contributed by atoms with Crippen LogP contribution in [-0.2, 0) is 0 Å². The van der Waals surface area contributed by atoms with E-state index in [1.165, 1.54) is 0 Å². The summed E-state index contributed by atoms with van der Waals surface area (Å²) in [5, 5.41) is 5.42. The highest BCUT2D eigenvalue weighted by Gasteiger charge is 2.87. The molecule has 0 aliphatic rings. The summed E-state index contributed by atoms with van der Waals surface area (Å²) >= 11 is 0. The molecule has 0 radical (unpaired) electrons. The average Bonchev–Trinajstić information content (AvgIpc) is 2.22. The summed E-state index contributed by atoms with van der Waals surface area (Å²) in [6.07, 6.45) is -20.5. The molecule has 0 amide bonds. The van der Waals surface area contributed by atoms with E-state index < -0.39 is 35.8 Å². The van der Waals surface area contributed by atoms with Gasteiger partial charge in [-0.05, 0) is 6.07 Å². The van der Waals surface area contributed by atoms with E-state index >= 15 is 0 Å². The van der Waals surface area contributed by atoms with Crippen LogP contribution in [0.2, 0.25) is 0 Å². The average molecular weight is 329 g/mol. The zero-order valence-electron chi connectivity index (χ0n) is 9.44. The van der Waals surface area contributed by atoms with Gasteiger partial charge in [-0.1, -0.05) is 0 Å². The van der Waals surface area contributed by atoms with E-state index in [-0.39, 0.29) is 0 Å². The maximum atomic E-state index is 12.5. The fourth-order valence-corrected chi connectivity index (χ4v) is 1.20. The van der Waals surface area contributed by atoms with Crippen molar-refractivity contribution in [3.05, 3.63) is 12.1 Å². The van der Waals surface area contributed by atoms with Crippen LogP contribution in [0.1, 0.15) is 0 Å². The number of halogens is 9. The number of anilines is 1. The van der Waals surface area contributed by atoms with Crippen LogP contribution in [0.5, 0.6) is 5.88 Å². The first-order chi connectivity index (χ1) is 9.22. The number of hydrogen-bond donors (Lipinski definition) is 1. The van der Waals surface area contributed by atoms with Gasteiger partial charge in [-0.15, -0.1) is 10.2 Å². The fourth-order valence-electron chi connectivity index (χ4n) is 1.20. The minimum Gasteiger partial charge on any atom is -0.443 e. The van der Waals surface area contributed by atoms with Gasteiger partial charge in [-0.3, -0.25) is 0 Å². The molecule has 0 aromatic carbocycles. The summed E-state index contributed by atoms with van der Waals surface area (Å²) in [6.45, 7) is 0. The molecule has 4 nitrogen and oxygen atoms in total. The van der Waals surface area contributed by atoms with E-state index in [9.17, 15) is 39.5 Å². The van der Waals surface area contributed by atoms with Crippen molar-refractivity contribution in [2.45, 2.75) is 24.1 Å². The molecule has 0 saturated heterocycles. The Bertz CT molecular complexity index is 454. The Kier molecular flexibility index (Phi) is 3.91. The predicted molar refractivity (Wildman–Crippen MR) is 48.0 cm³/mol. The van der Waals surface area contributed by atoms with Crippen molar-refractivity contribution < 1.29 is 44.3 Å². The molecule has 1 rings (SSSR count). The molecule has 0 fully saturated rings. The summed E-state index contributed by atoms with van der Waals surface area (Å²) in [7, 11) is 0. The molecule has 0 saturated carbocycles. The molecule has 2 N–H and O–H groups in total. The monoisotopic (exact) mass is 329 g/mol. The molecular formula is C8H4F9N3O. The molecule has 1 aromatic rings. The second-order valence-corrected chi connectivity index (χ2v) is 3.57. The van der Waals surface area contributed by atoms with Crippen molar-refractivity contribution in [2.24, 2.45) is 0 Å². The number of aromatic nitrogens is 2. The Labute approximate surface area is 109 Å². The summed E-state index contributed by atoms with van der Waals surface area (Å²) in [6, 6.07) is 0.913. The van der Waals surface area contributed by atoms with Crippen LogP contribution in [0, 0.1) is 0 Å². The minimum absolute atomic E-state index is 0.292. The summed E-state index contributed by atoms with van der Waals surface area (Å²) in [5.41, 5.74) is -1.48. The van der Waals surface area contributed by atoms with Gasteiger partial charge in [-0.25, -0.2) is 0 Å². The lowest BCUT2D eigenvalue weighted by atomic mass is 10.0. The molecule has 0 aliphatic carbocycles. The topological polar surface area (TPSA) is 61.0 Å². The first-order valence-corrected chi connectivity index (χ1v) is 4.71. The molecule has 0 bridgehead atoms. The van der Waals surface area contributed by atoms with E-state index in [4.69, 9.17) is 5.73 Å². The van der Waals surface area contributed by atoms with Gasteiger partial charge in [0, 0.05) is 6.07 Å². The van der Waals surface area contributed by atoms with Crippen LogP contribution in [0.15, 0.2) is 12.1 Å². The largest absolute Gasteiger partial charge is 0.447 e. The Morgan fingerprint density at radius 2 is 1.19 bits per heavy atom. The van der Waals surface area contributed by atoms with E-state index in [1.807, 2.05) is 0 Å². The number of nitrogens with two attached hydrogens (primary N) is 1. The smallest absolute Gasteiger partial charge is 0.443 e. The van der Waals surface area contributed by atoms with E-state index in [0.717, 1.165) is 0 Å². The molecule has 21 heavy (non-hydrogen) atoms. The van der Waals surface area contributed by atoms with Crippen molar-refractivity contribution >= 4 is 5.82 Å². The fraction of sp³-hybridized carbons (Fsp3) is 0.500. The maximum Gasteiger partial charge on any atom is 0.447 e. The highest BCUT2D eigenvalue weighted by molar-refractivity contribution is 5.28. The third-order valence-corrected chi connectivity index (χ3v) is 2.12. The second kappa shape index (κ2) is 4.80. The van der Waals surface area contributed by atoms with Gasteiger partial charge in [0.15, 0.2) is 0 Å². The molecule has 13 heteroatoms. The highest BCUT2D eigenvalue weighted by atomic mass is 19.4. The quantitative estimate of drug-likeness (QED) is 0.848. The third-order valence-electron chi connectivity index (χ3n) is 2.12. The molecule has 120 valence electrons. The van der Waals surface area contributed by atoms with Crippen LogP contribution >= 0.6 is 0 Å².